The number of hydrogen-bond acceptors (Lipinski definition) is 16. The second-order valence-electron chi connectivity index (χ2n) is 23.0. The molecule has 9 amide bonds. The second-order valence-corrected chi connectivity index (χ2v) is 23.8. The van der Waals surface area contributed by atoms with Crippen LogP contribution in [-0.2, 0) is 68.8 Å². The largest absolute Gasteiger partial charge is 0.508 e. The number of imide groups is 1. The molecule has 91 heavy (non-hydrogen) atoms. The lowest BCUT2D eigenvalue weighted by atomic mass is 10.00. The molecule has 1 aliphatic heterocycles. The molecule has 0 aliphatic carbocycles. The maximum atomic E-state index is 15.0. The van der Waals surface area contributed by atoms with Crippen LogP contribution in [0.2, 0.25) is 0 Å². The molecule has 0 radical (unpaired) electrons. The Morgan fingerprint density at radius 2 is 1.07 bits per heavy atom. The lowest BCUT2D eigenvalue weighted by Crippen LogP contribution is -2.61. The summed E-state index contributed by atoms with van der Waals surface area (Å²) >= 11 is 8.73. The smallest absolute Gasteiger partial charge is 0.249 e. The Morgan fingerprint density at radius 1 is 0.538 bits per heavy atom. The van der Waals surface area contributed by atoms with E-state index in [1.807, 2.05) is 71.6 Å². The first-order valence-electron chi connectivity index (χ1n) is 30.6. The van der Waals surface area contributed by atoms with Crippen molar-refractivity contribution in [3.8, 4) is 5.75 Å². The molecular weight excluding hydrogens is 1200 g/mol. The van der Waals surface area contributed by atoms with Gasteiger partial charge in [-0.05, 0) is 83.0 Å². The number of H-pyrrole nitrogens is 1. The van der Waals surface area contributed by atoms with E-state index in [2.05, 4.69) is 77.7 Å². The number of amides is 9. The van der Waals surface area contributed by atoms with Crippen molar-refractivity contribution in [2.75, 3.05) is 63.9 Å². The highest BCUT2D eigenvalue weighted by atomic mass is 32.1. The highest BCUT2D eigenvalue weighted by Crippen LogP contribution is 2.21. The number of nitrogens with one attached hydrogen (secondary N) is 9. The van der Waals surface area contributed by atoms with E-state index >= 15 is 0 Å². The van der Waals surface area contributed by atoms with Crippen LogP contribution in [-0.4, -0.2) is 184 Å². The Balaban J connectivity index is 1.08. The zero-order valence-electron chi connectivity index (χ0n) is 51.2. The Kier molecular flexibility index (Phi) is 27.2. The first-order chi connectivity index (χ1) is 43.8. The standard InChI is InChI=1S/C66H84N12O11S2/c1-41(2)59(66(89)74-56(40-91)65(88)75-57(81)35-44-19-22-45-14-6-7-15-46(45)32-44)76-60(83)51(18-10-11-25-67)70-63(86)54(36-47-37-68-50-17-9-8-16-49(47)50)72-62(85)53(34-43-20-23-48(80)24-21-43)71-64(87)55(39-90)73-61(84)52(33-42-12-4-3-5-13-42)69-58(82)38-78-28-26-77(27-29-78)30-31-79/h3-9,12-17,19-24,32,37,41,51-56,59,68,79-80,90-91H,10-11,18,25-31,33-36,38-40,67H2,1-2H3,(H,69,82)(H,70,86)(H,71,87)(H,72,85)(H,73,84)(H,74,89)(H,76,83)(H,75,81,88)/t51?,52?,53?,54-,55-,56?,59?/m1/s1. The summed E-state index contributed by atoms with van der Waals surface area (Å²) in [7, 11) is 0. The van der Waals surface area contributed by atoms with Gasteiger partial charge in [0.25, 0.3) is 0 Å². The lowest BCUT2D eigenvalue weighted by Gasteiger charge is -2.34. The summed E-state index contributed by atoms with van der Waals surface area (Å²) in [5, 5.41) is 43.9. The number of aliphatic hydroxyl groups is 1. The van der Waals surface area contributed by atoms with Crippen molar-refractivity contribution in [1.82, 2.24) is 57.3 Å². The minimum atomic E-state index is -1.44. The molecule has 7 atom stereocenters. The van der Waals surface area contributed by atoms with Crippen LogP contribution < -0.4 is 48.3 Å². The molecule has 5 unspecified atom stereocenters. The topological polar surface area (TPSA) is 339 Å². The van der Waals surface area contributed by atoms with Gasteiger partial charge in [-0.2, -0.15) is 25.3 Å². The number of nitrogens with zero attached hydrogens (tertiary/aromatic N) is 2. The number of fused-ring (bicyclic) bond motifs is 2. The number of thiol groups is 2. The van der Waals surface area contributed by atoms with Crippen LogP contribution in [0.5, 0.6) is 5.75 Å². The number of aromatic hydroxyl groups is 1. The number of rotatable bonds is 33. The van der Waals surface area contributed by atoms with E-state index in [1.54, 1.807) is 62.5 Å². The van der Waals surface area contributed by atoms with Gasteiger partial charge in [-0.15, -0.1) is 0 Å². The van der Waals surface area contributed by atoms with E-state index in [-0.39, 0.29) is 69.1 Å². The number of para-hydroxylation sites is 1. The Hall–Kier alpha value is -8.33. The maximum Gasteiger partial charge on any atom is 0.249 e. The van der Waals surface area contributed by atoms with Crippen molar-refractivity contribution in [2.45, 2.75) is 101 Å². The van der Waals surface area contributed by atoms with Gasteiger partial charge in [-0.3, -0.25) is 58.3 Å². The number of carbonyl (C=O) groups is 9. The molecule has 23 nitrogen and oxygen atoms in total. The van der Waals surface area contributed by atoms with Gasteiger partial charge in [-0.25, -0.2) is 0 Å². The normalized spacial score (nSPS) is 15.0. The maximum absolute atomic E-state index is 15.0. The van der Waals surface area contributed by atoms with Crippen molar-refractivity contribution in [1.29, 1.82) is 0 Å². The van der Waals surface area contributed by atoms with E-state index in [9.17, 15) is 53.4 Å². The number of carbonyl (C=O) groups excluding carboxylic acids is 9. The average Bonchev–Trinajstić information content (AvgIpc) is 2.04. The number of benzene rings is 5. The number of nitrogens with two attached hydrogens (primary N) is 1. The minimum absolute atomic E-state index is 0.00935. The number of phenols is 1. The zero-order chi connectivity index (χ0) is 65.4. The molecule has 0 spiro atoms. The number of aliphatic hydroxyl groups excluding tert-OH is 1. The van der Waals surface area contributed by atoms with E-state index in [0.29, 0.717) is 62.3 Å². The third kappa shape index (κ3) is 21.4. The van der Waals surface area contributed by atoms with Crippen molar-refractivity contribution in [3.63, 3.8) is 0 Å². The van der Waals surface area contributed by atoms with Crippen molar-refractivity contribution >= 4 is 100 Å². The summed E-state index contributed by atoms with van der Waals surface area (Å²) in [6.07, 6.45) is 2.22. The number of aromatic amines is 1. The number of aromatic nitrogens is 1. The van der Waals surface area contributed by atoms with Crippen molar-refractivity contribution < 1.29 is 53.4 Å². The summed E-state index contributed by atoms with van der Waals surface area (Å²) in [6, 6.07) is 26.2. The fourth-order valence-electron chi connectivity index (χ4n) is 10.7. The van der Waals surface area contributed by atoms with E-state index in [0.717, 1.165) is 27.2 Å². The SMILES string of the molecule is CC(C)C(NC(=O)C(CCCCN)NC(=O)[C@@H](Cc1c[nH]c2ccccc12)NC(=O)C(Cc1ccc(O)cc1)NC(=O)[C@@H](CS)NC(=O)C(Cc1ccccc1)NC(=O)CN1CCN(CCO)CC1)C(=O)NC(CS)C(=O)NC(=O)Cc1ccc2ccccc2c1. The summed E-state index contributed by atoms with van der Waals surface area (Å²) in [4.78, 5) is 135. The van der Waals surface area contributed by atoms with Gasteiger partial charge in [0.05, 0.1) is 19.6 Å². The number of unbranched alkanes of at least 4 members (excludes halogenated alkanes) is 1. The molecule has 0 saturated carbocycles. The molecule has 1 aliphatic rings. The predicted octanol–water partition coefficient (Wildman–Crippen LogP) is 1.59. The highest BCUT2D eigenvalue weighted by molar-refractivity contribution is 7.80. The lowest BCUT2D eigenvalue weighted by molar-refractivity contribution is -0.136. The summed E-state index contributed by atoms with van der Waals surface area (Å²) in [6.45, 7) is 6.66. The fourth-order valence-corrected chi connectivity index (χ4v) is 11.2. The van der Waals surface area contributed by atoms with Crippen LogP contribution in [0.4, 0.5) is 0 Å². The molecule has 25 heteroatoms. The van der Waals surface area contributed by atoms with Crippen LogP contribution >= 0.6 is 25.3 Å². The second kappa shape index (κ2) is 35.3. The Morgan fingerprint density at radius 3 is 1.71 bits per heavy atom. The Bertz CT molecular complexity index is 3440. The molecule has 1 fully saturated rings. The van der Waals surface area contributed by atoms with Gasteiger partial charge in [-0.1, -0.05) is 117 Å². The summed E-state index contributed by atoms with van der Waals surface area (Å²) in [5.41, 5.74) is 9.14. The molecule has 0 bridgehead atoms. The molecule has 7 rings (SSSR count). The van der Waals surface area contributed by atoms with E-state index in [1.165, 1.54) is 12.1 Å². The monoisotopic (exact) mass is 1280 g/mol. The fraction of sp³-hybridized carbons (Fsp3) is 0.409. The van der Waals surface area contributed by atoms with Crippen LogP contribution in [0.3, 0.4) is 0 Å². The number of phenolic OH excluding ortho intramolecular Hbond substituents is 1. The molecule has 1 saturated heterocycles. The van der Waals surface area contributed by atoms with Gasteiger partial charge in [0.15, 0.2) is 0 Å². The third-order valence-electron chi connectivity index (χ3n) is 15.8. The van der Waals surface area contributed by atoms with E-state index < -0.39 is 101 Å². The molecule has 486 valence electrons. The first kappa shape index (κ1) is 70.1. The minimum Gasteiger partial charge on any atom is -0.508 e. The van der Waals surface area contributed by atoms with Crippen LogP contribution in [0, 0.1) is 5.92 Å². The molecule has 5 aromatic carbocycles. The van der Waals surface area contributed by atoms with Crippen molar-refractivity contribution in [2.24, 2.45) is 11.7 Å². The average molecular weight is 1290 g/mol. The highest BCUT2D eigenvalue weighted by Gasteiger charge is 2.36. The molecule has 2 heterocycles. The van der Waals surface area contributed by atoms with Gasteiger partial charge in [0.1, 0.15) is 48.0 Å². The van der Waals surface area contributed by atoms with Crippen molar-refractivity contribution in [3.05, 3.63) is 150 Å². The van der Waals surface area contributed by atoms with Gasteiger partial charge >= 0.3 is 0 Å². The number of hydrogen-bond donors (Lipinski definition) is 14. The van der Waals surface area contributed by atoms with E-state index in [4.69, 9.17) is 5.73 Å². The Labute approximate surface area is 540 Å². The van der Waals surface area contributed by atoms with Crippen LogP contribution in [0.25, 0.3) is 21.7 Å². The molecular formula is C66H84N12O11S2. The summed E-state index contributed by atoms with van der Waals surface area (Å²) < 4.78 is 0. The van der Waals surface area contributed by atoms with Crippen LogP contribution in [0.15, 0.2) is 128 Å². The molecule has 13 N–H and O–H groups in total. The number of piperazine rings is 1. The quantitative estimate of drug-likeness (QED) is 0.0206. The summed E-state index contributed by atoms with van der Waals surface area (Å²) in [5.74, 6) is -7.55. The zero-order valence-corrected chi connectivity index (χ0v) is 53.0. The van der Waals surface area contributed by atoms with Crippen LogP contribution in [0.1, 0.15) is 55.4 Å². The van der Waals surface area contributed by atoms with Gasteiger partial charge in [0, 0.05) is 80.6 Å². The molecule has 1 aromatic heterocycles. The third-order valence-corrected chi connectivity index (χ3v) is 16.6. The van der Waals surface area contributed by atoms with Gasteiger partial charge < -0.3 is 58.1 Å². The number of β-amino-alcohol motifs (C(OH)–C–C–N with tert-alkyl or cyclic N) is 1. The first-order valence-corrected chi connectivity index (χ1v) is 31.9. The molecule has 6 aromatic rings. The predicted molar refractivity (Wildman–Crippen MR) is 354 cm³/mol. The van der Waals surface area contributed by atoms with Gasteiger partial charge in [0.2, 0.25) is 53.2 Å².